The minimum atomic E-state index is 0.212. The van der Waals surface area contributed by atoms with Gasteiger partial charge in [0.25, 0.3) is 0 Å². The van der Waals surface area contributed by atoms with Crippen LogP contribution in [0.1, 0.15) is 25.3 Å². The second-order valence-corrected chi connectivity index (χ2v) is 4.31. The van der Waals surface area contributed by atoms with E-state index in [1.165, 1.54) is 12.8 Å². The van der Waals surface area contributed by atoms with Gasteiger partial charge in [-0.2, -0.15) is 0 Å². The Morgan fingerprint density at radius 1 is 1.62 bits per heavy atom. The molecule has 4 heteroatoms. The number of hydrogen-bond acceptors (Lipinski definition) is 2. The van der Waals surface area contributed by atoms with Gasteiger partial charge in [-0.15, -0.1) is 0 Å². The van der Waals surface area contributed by atoms with Gasteiger partial charge in [-0.1, -0.05) is 0 Å². The molecule has 0 aromatic carbocycles. The number of nitrogens with two attached hydrogens (primary N) is 1. The molecule has 1 fully saturated rings. The smallest absolute Gasteiger partial charge is 0.242 e. The molecule has 0 spiro atoms. The first-order chi connectivity index (χ1) is 7.74. The van der Waals surface area contributed by atoms with Crippen molar-refractivity contribution in [3.63, 3.8) is 0 Å². The molecule has 0 atom stereocenters. The van der Waals surface area contributed by atoms with E-state index in [-0.39, 0.29) is 5.91 Å². The summed E-state index contributed by atoms with van der Waals surface area (Å²) in [5.74, 6) is 0.212. The van der Waals surface area contributed by atoms with Crippen LogP contribution in [-0.2, 0) is 17.9 Å². The molecule has 4 nitrogen and oxygen atoms in total. The zero-order valence-corrected chi connectivity index (χ0v) is 9.72. The van der Waals surface area contributed by atoms with Crippen LogP contribution in [0.2, 0.25) is 0 Å². The molecule has 1 amide bonds. The summed E-state index contributed by atoms with van der Waals surface area (Å²) in [5, 5.41) is 0. The van der Waals surface area contributed by atoms with E-state index in [1.807, 2.05) is 34.9 Å². The number of amides is 1. The molecule has 16 heavy (non-hydrogen) atoms. The maximum atomic E-state index is 12.0. The fourth-order valence-corrected chi connectivity index (χ4v) is 1.98. The Labute approximate surface area is 96.0 Å². The summed E-state index contributed by atoms with van der Waals surface area (Å²) in [4.78, 5) is 14.0. The van der Waals surface area contributed by atoms with E-state index >= 15 is 0 Å². The van der Waals surface area contributed by atoms with Crippen molar-refractivity contribution in [2.24, 2.45) is 5.73 Å². The van der Waals surface area contributed by atoms with Crippen LogP contribution in [0.15, 0.2) is 18.5 Å². The van der Waals surface area contributed by atoms with Crippen molar-refractivity contribution in [2.75, 3.05) is 6.54 Å². The normalized spacial score (nSPS) is 15.1. The van der Waals surface area contributed by atoms with Crippen LogP contribution in [0.5, 0.6) is 0 Å². The van der Waals surface area contributed by atoms with Gasteiger partial charge in [0.15, 0.2) is 0 Å². The molecule has 0 radical (unpaired) electrons. The van der Waals surface area contributed by atoms with Crippen molar-refractivity contribution in [1.29, 1.82) is 0 Å². The second kappa shape index (κ2) is 4.70. The van der Waals surface area contributed by atoms with Crippen LogP contribution in [0.3, 0.4) is 0 Å². The molecule has 2 N–H and O–H groups in total. The first kappa shape index (κ1) is 11.2. The average Bonchev–Trinajstić information content (AvgIpc) is 2.99. The van der Waals surface area contributed by atoms with E-state index in [4.69, 9.17) is 5.73 Å². The third-order valence-corrected chi connectivity index (χ3v) is 3.01. The van der Waals surface area contributed by atoms with Crippen LogP contribution in [0.4, 0.5) is 0 Å². The lowest BCUT2D eigenvalue weighted by molar-refractivity contribution is -0.132. The predicted molar refractivity (Wildman–Crippen MR) is 62.7 cm³/mol. The Kier molecular flexibility index (Phi) is 3.29. The highest BCUT2D eigenvalue weighted by molar-refractivity contribution is 5.76. The Morgan fingerprint density at radius 2 is 2.38 bits per heavy atom. The van der Waals surface area contributed by atoms with Gasteiger partial charge in [-0.3, -0.25) is 4.79 Å². The fraction of sp³-hybridized carbons (Fsp3) is 0.583. The molecule has 88 valence electrons. The van der Waals surface area contributed by atoms with E-state index in [9.17, 15) is 4.79 Å². The van der Waals surface area contributed by atoms with Gasteiger partial charge in [-0.05, 0) is 31.4 Å². The number of hydrogen-bond donors (Lipinski definition) is 1. The number of carbonyl (C=O) groups excluding carboxylic acids is 1. The maximum Gasteiger partial charge on any atom is 0.242 e. The quantitative estimate of drug-likeness (QED) is 0.805. The van der Waals surface area contributed by atoms with Crippen molar-refractivity contribution in [3.05, 3.63) is 24.0 Å². The molecule has 1 aromatic rings. The number of carbonyl (C=O) groups is 1. The molecule has 1 aromatic heterocycles. The summed E-state index contributed by atoms with van der Waals surface area (Å²) in [6, 6.07) is 2.46. The molecule has 1 heterocycles. The van der Waals surface area contributed by atoms with Crippen LogP contribution in [-0.4, -0.2) is 28.0 Å². The van der Waals surface area contributed by atoms with Gasteiger partial charge in [0.1, 0.15) is 6.54 Å². The monoisotopic (exact) mass is 221 g/mol. The van der Waals surface area contributed by atoms with Gasteiger partial charge in [0.05, 0.1) is 0 Å². The number of aromatic nitrogens is 1. The number of likely N-dealkylation sites (N-methyl/N-ethyl adjacent to an activating group) is 1. The molecule has 0 saturated heterocycles. The van der Waals surface area contributed by atoms with Crippen LogP contribution in [0.25, 0.3) is 0 Å². The SMILES string of the molecule is CCN(C(=O)Cn1ccc(CN)c1)C1CC1. The molecular formula is C12H19N3O. The third-order valence-electron chi connectivity index (χ3n) is 3.01. The van der Waals surface area contributed by atoms with E-state index in [2.05, 4.69) is 0 Å². The predicted octanol–water partition coefficient (Wildman–Crippen LogP) is 0.958. The van der Waals surface area contributed by atoms with Crippen molar-refractivity contribution >= 4 is 5.91 Å². The average molecular weight is 221 g/mol. The largest absolute Gasteiger partial charge is 0.345 e. The molecule has 2 rings (SSSR count). The lowest BCUT2D eigenvalue weighted by Crippen LogP contribution is -2.35. The van der Waals surface area contributed by atoms with E-state index in [0.29, 0.717) is 19.1 Å². The van der Waals surface area contributed by atoms with Crippen LogP contribution < -0.4 is 5.73 Å². The zero-order chi connectivity index (χ0) is 11.5. The summed E-state index contributed by atoms with van der Waals surface area (Å²) >= 11 is 0. The fourth-order valence-electron chi connectivity index (χ4n) is 1.98. The number of nitrogens with zero attached hydrogens (tertiary/aromatic N) is 2. The molecule has 1 aliphatic rings. The summed E-state index contributed by atoms with van der Waals surface area (Å²) < 4.78 is 1.91. The van der Waals surface area contributed by atoms with Gasteiger partial charge < -0.3 is 15.2 Å². The highest BCUT2D eigenvalue weighted by atomic mass is 16.2. The van der Waals surface area contributed by atoms with E-state index in [1.54, 1.807) is 0 Å². The third kappa shape index (κ3) is 2.44. The highest BCUT2D eigenvalue weighted by Crippen LogP contribution is 2.26. The van der Waals surface area contributed by atoms with Gasteiger partial charge in [-0.25, -0.2) is 0 Å². The van der Waals surface area contributed by atoms with Crippen molar-refractivity contribution in [1.82, 2.24) is 9.47 Å². The second-order valence-electron chi connectivity index (χ2n) is 4.31. The summed E-state index contributed by atoms with van der Waals surface area (Å²) in [6.07, 6.45) is 6.19. The Morgan fingerprint density at radius 3 is 2.88 bits per heavy atom. The lowest BCUT2D eigenvalue weighted by atomic mass is 10.3. The topological polar surface area (TPSA) is 51.3 Å². The molecule has 0 bridgehead atoms. The Balaban J connectivity index is 1.94. The summed E-state index contributed by atoms with van der Waals surface area (Å²) in [7, 11) is 0. The Hall–Kier alpha value is -1.29. The molecule has 1 aliphatic carbocycles. The highest BCUT2D eigenvalue weighted by Gasteiger charge is 2.31. The molecule has 0 unspecified atom stereocenters. The molecular weight excluding hydrogens is 202 g/mol. The van der Waals surface area contributed by atoms with Gasteiger partial charge >= 0.3 is 0 Å². The first-order valence-corrected chi connectivity index (χ1v) is 5.88. The van der Waals surface area contributed by atoms with Gasteiger partial charge in [0, 0.05) is 31.5 Å². The zero-order valence-electron chi connectivity index (χ0n) is 9.72. The van der Waals surface area contributed by atoms with E-state index in [0.717, 1.165) is 12.1 Å². The first-order valence-electron chi connectivity index (χ1n) is 5.88. The summed E-state index contributed by atoms with van der Waals surface area (Å²) in [6.45, 7) is 3.82. The maximum absolute atomic E-state index is 12.0. The van der Waals surface area contributed by atoms with Gasteiger partial charge in [0.2, 0.25) is 5.91 Å². The van der Waals surface area contributed by atoms with Crippen molar-refractivity contribution in [3.8, 4) is 0 Å². The number of rotatable bonds is 5. The standard InChI is InChI=1S/C12H19N3O/c1-2-15(11-3-4-11)12(16)9-14-6-5-10(7-13)8-14/h5-6,8,11H,2-4,7,9,13H2,1H3. The van der Waals surface area contributed by atoms with Crippen molar-refractivity contribution < 1.29 is 4.79 Å². The minimum Gasteiger partial charge on any atom is -0.345 e. The summed E-state index contributed by atoms with van der Waals surface area (Å²) in [5.41, 5.74) is 6.60. The van der Waals surface area contributed by atoms with Crippen LogP contribution in [0, 0.1) is 0 Å². The molecule has 1 saturated carbocycles. The van der Waals surface area contributed by atoms with E-state index < -0.39 is 0 Å². The van der Waals surface area contributed by atoms with Crippen LogP contribution >= 0.6 is 0 Å². The lowest BCUT2D eigenvalue weighted by Gasteiger charge is -2.20. The molecule has 0 aliphatic heterocycles. The van der Waals surface area contributed by atoms with Crippen molar-refractivity contribution in [2.45, 2.75) is 38.9 Å². The Bertz CT molecular complexity index is 368. The minimum absolute atomic E-state index is 0.212.